The second-order valence-corrected chi connectivity index (χ2v) is 7.28. The normalized spacial score (nSPS) is 15.1. The molecule has 0 bridgehead atoms. The molecule has 1 fully saturated rings. The fraction of sp³-hybridized carbons (Fsp3) is 0.200. The number of nitrogens with zero attached hydrogens (tertiary/aromatic N) is 1. The van der Waals surface area contributed by atoms with Gasteiger partial charge in [0.15, 0.2) is 11.5 Å². The smallest absolute Gasteiger partial charge is 0.328 e. The van der Waals surface area contributed by atoms with Crippen molar-refractivity contribution in [2.75, 3.05) is 13.7 Å². The van der Waals surface area contributed by atoms with Crippen LogP contribution >= 0.6 is 27.5 Å². The fourth-order valence-corrected chi connectivity index (χ4v) is 3.42. The first kappa shape index (κ1) is 20.2. The molecular weight excluding hydrogens is 448 g/mol. The third-order valence-electron chi connectivity index (χ3n) is 4.14. The lowest BCUT2D eigenvalue weighted by molar-refractivity contribution is -0.122. The van der Waals surface area contributed by atoms with E-state index in [1.54, 1.807) is 37.3 Å². The van der Waals surface area contributed by atoms with Crippen LogP contribution < -0.4 is 14.8 Å². The molecule has 28 heavy (non-hydrogen) atoms. The molecule has 1 saturated heterocycles. The van der Waals surface area contributed by atoms with Gasteiger partial charge in [-0.1, -0.05) is 23.7 Å². The van der Waals surface area contributed by atoms with Gasteiger partial charge in [0.05, 0.1) is 11.6 Å². The minimum absolute atomic E-state index is 0.218. The average molecular weight is 466 g/mol. The molecule has 0 saturated carbocycles. The first-order valence-electron chi connectivity index (χ1n) is 8.52. The molecule has 0 aliphatic carbocycles. The molecule has 3 amide bonds. The van der Waals surface area contributed by atoms with Crippen molar-refractivity contribution >= 4 is 45.5 Å². The summed E-state index contributed by atoms with van der Waals surface area (Å²) in [5.41, 5.74) is 1.86. The van der Waals surface area contributed by atoms with Gasteiger partial charge in [0.25, 0.3) is 5.91 Å². The SMILES string of the molecule is CCN1C(=O)N/C(=C/c2cc(Br)c(OCc3ccc(Cl)cc3)c(OC)c2)C1=O. The summed E-state index contributed by atoms with van der Waals surface area (Å²) in [6.07, 6.45) is 1.60. The Hall–Kier alpha value is -2.51. The molecule has 0 atom stereocenters. The Labute approximate surface area is 176 Å². The maximum Gasteiger partial charge on any atom is 0.328 e. The highest BCUT2D eigenvalue weighted by Crippen LogP contribution is 2.38. The summed E-state index contributed by atoms with van der Waals surface area (Å²) in [7, 11) is 1.54. The highest BCUT2D eigenvalue weighted by molar-refractivity contribution is 9.10. The van der Waals surface area contributed by atoms with Gasteiger partial charge >= 0.3 is 6.03 Å². The molecule has 8 heteroatoms. The van der Waals surface area contributed by atoms with Gasteiger partial charge in [-0.2, -0.15) is 0 Å². The van der Waals surface area contributed by atoms with Crippen LogP contribution in [-0.2, 0) is 11.4 Å². The third-order valence-corrected chi connectivity index (χ3v) is 4.98. The number of amides is 3. The number of hydrogen-bond donors (Lipinski definition) is 1. The monoisotopic (exact) mass is 464 g/mol. The predicted molar refractivity (Wildman–Crippen MR) is 110 cm³/mol. The molecule has 3 rings (SSSR count). The number of ether oxygens (including phenoxy) is 2. The van der Waals surface area contributed by atoms with Crippen molar-refractivity contribution in [3.8, 4) is 11.5 Å². The molecule has 1 heterocycles. The highest BCUT2D eigenvalue weighted by Gasteiger charge is 2.32. The maximum absolute atomic E-state index is 12.2. The number of rotatable bonds is 6. The van der Waals surface area contributed by atoms with Gasteiger partial charge in [-0.05, 0) is 64.3 Å². The number of urea groups is 1. The van der Waals surface area contributed by atoms with E-state index in [1.165, 1.54) is 7.11 Å². The highest BCUT2D eigenvalue weighted by atomic mass is 79.9. The van der Waals surface area contributed by atoms with Crippen LogP contribution in [-0.4, -0.2) is 30.5 Å². The summed E-state index contributed by atoms with van der Waals surface area (Å²) >= 11 is 9.39. The van der Waals surface area contributed by atoms with E-state index >= 15 is 0 Å². The quantitative estimate of drug-likeness (QED) is 0.500. The third kappa shape index (κ3) is 4.31. The van der Waals surface area contributed by atoms with Crippen molar-refractivity contribution in [2.45, 2.75) is 13.5 Å². The number of likely N-dealkylation sites (N-methyl/N-ethyl adjacent to an activating group) is 1. The molecule has 2 aromatic rings. The van der Waals surface area contributed by atoms with Gasteiger partial charge in [-0.25, -0.2) is 4.79 Å². The van der Waals surface area contributed by atoms with E-state index in [2.05, 4.69) is 21.2 Å². The van der Waals surface area contributed by atoms with E-state index in [1.807, 2.05) is 12.1 Å². The van der Waals surface area contributed by atoms with E-state index in [0.717, 1.165) is 10.5 Å². The van der Waals surface area contributed by atoms with Crippen molar-refractivity contribution in [1.29, 1.82) is 0 Å². The Bertz CT molecular complexity index is 944. The molecule has 1 aliphatic rings. The van der Waals surface area contributed by atoms with Crippen molar-refractivity contribution in [3.63, 3.8) is 0 Å². The summed E-state index contributed by atoms with van der Waals surface area (Å²) in [4.78, 5) is 25.2. The van der Waals surface area contributed by atoms with E-state index in [0.29, 0.717) is 39.7 Å². The first-order chi connectivity index (χ1) is 13.4. The molecular formula is C20H18BrClN2O4. The number of methoxy groups -OCH3 is 1. The summed E-state index contributed by atoms with van der Waals surface area (Å²) in [5, 5.41) is 3.24. The predicted octanol–water partition coefficient (Wildman–Crippen LogP) is 4.60. The zero-order valence-corrected chi connectivity index (χ0v) is 17.6. The lowest BCUT2D eigenvalue weighted by Gasteiger charge is -2.14. The van der Waals surface area contributed by atoms with Gasteiger partial charge < -0.3 is 14.8 Å². The van der Waals surface area contributed by atoms with Gasteiger partial charge in [0.2, 0.25) is 0 Å². The molecule has 146 valence electrons. The second kappa shape index (κ2) is 8.67. The van der Waals surface area contributed by atoms with E-state index in [4.69, 9.17) is 21.1 Å². The second-order valence-electron chi connectivity index (χ2n) is 5.99. The van der Waals surface area contributed by atoms with E-state index < -0.39 is 6.03 Å². The summed E-state index contributed by atoms with van der Waals surface area (Å²) < 4.78 is 12.0. The molecule has 1 N–H and O–H groups in total. The minimum Gasteiger partial charge on any atom is -0.493 e. The largest absolute Gasteiger partial charge is 0.493 e. The number of benzene rings is 2. The number of carbonyl (C=O) groups excluding carboxylic acids is 2. The van der Waals surface area contributed by atoms with Gasteiger partial charge in [0.1, 0.15) is 12.3 Å². The van der Waals surface area contributed by atoms with Gasteiger partial charge in [-0.3, -0.25) is 9.69 Å². The van der Waals surface area contributed by atoms with Crippen LogP contribution in [0.3, 0.4) is 0 Å². The fourth-order valence-electron chi connectivity index (χ4n) is 2.72. The Balaban J connectivity index is 1.83. The Morgan fingerprint density at radius 2 is 1.93 bits per heavy atom. The molecule has 1 aliphatic heterocycles. The molecule has 0 aromatic heterocycles. The van der Waals surface area contributed by atoms with Crippen LogP contribution in [0.2, 0.25) is 5.02 Å². The van der Waals surface area contributed by atoms with Crippen molar-refractivity contribution in [2.24, 2.45) is 0 Å². The zero-order valence-electron chi connectivity index (χ0n) is 15.3. The zero-order chi connectivity index (χ0) is 20.3. The number of imide groups is 1. The molecule has 0 unspecified atom stereocenters. The van der Waals surface area contributed by atoms with Crippen molar-refractivity contribution in [1.82, 2.24) is 10.2 Å². The maximum atomic E-state index is 12.2. The van der Waals surface area contributed by atoms with Crippen LogP contribution in [0.15, 0.2) is 46.6 Å². The van der Waals surface area contributed by atoms with Gasteiger partial charge in [-0.15, -0.1) is 0 Å². The van der Waals surface area contributed by atoms with E-state index in [-0.39, 0.29) is 11.6 Å². The van der Waals surface area contributed by atoms with Crippen LogP contribution in [0.5, 0.6) is 11.5 Å². The summed E-state index contributed by atoms with van der Waals surface area (Å²) in [5.74, 6) is 0.682. The van der Waals surface area contributed by atoms with Crippen LogP contribution in [0, 0.1) is 0 Å². The Kier molecular flexibility index (Phi) is 6.26. The average Bonchev–Trinajstić information content (AvgIpc) is 2.94. The lowest BCUT2D eigenvalue weighted by Crippen LogP contribution is -2.30. The van der Waals surface area contributed by atoms with Crippen molar-refractivity contribution < 1.29 is 19.1 Å². The Morgan fingerprint density at radius 1 is 1.21 bits per heavy atom. The Morgan fingerprint density at radius 3 is 2.54 bits per heavy atom. The van der Waals surface area contributed by atoms with Crippen LogP contribution in [0.4, 0.5) is 4.79 Å². The number of hydrogen-bond acceptors (Lipinski definition) is 4. The van der Waals surface area contributed by atoms with Gasteiger partial charge in [0, 0.05) is 11.6 Å². The topological polar surface area (TPSA) is 67.9 Å². The number of nitrogens with one attached hydrogen (secondary N) is 1. The molecule has 2 aromatic carbocycles. The molecule has 0 spiro atoms. The van der Waals surface area contributed by atoms with Crippen LogP contribution in [0.1, 0.15) is 18.1 Å². The number of halogens is 2. The lowest BCUT2D eigenvalue weighted by atomic mass is 10.1. The van der Waals surface area contributed by atoms with Crippen molar-refractivity contribution in [3.05, 3.63) is 62.7 Å². The molecule has 0 radical (unpaired) electrons. The standard InChI is InChI=1S/C20H18BrClN2O4/c1-3-24-19(25)16(23-20(24)26)9-13-8-15(21)18(17(10-13)27-2)28-11-12-4-6-14(22)7-5-12/h4-10H,3,11H2,1-2H3,(H,23,26)/b16-9+. The number of carbonyl (C=O) groups is 2. The minimum atomic E-state index is -0.423. The van der Waals surface area contributed by atoms with Crippen LogP contribution in [0.25, 0.3) is 6.08 Å². The summed E-state index contributed by atoms with van der Waals surface area (Å²) in [6.45, 7) is 2.39. The first-order valence-corrected chi connectivity index (χ1v) is 9.69. The summed E-state index contributed by atoms with van der Waals surface area (Å²) in [6, 6.07) is 10.5. The molecule has 6 nitrogen and oxygen atoms in total. The van der Waals surface area contributed by atoms with E-state index in [9.17, 15) is 9.59 Å².